The minimum atomic E-state index is 0.0899. The van der Waals surface area contributed by atoms with Crippen molar-refractivity contribution in [1.82, 2.24) is 10.2 Å². The second-order valence-electron chi connectivity index (χ2n) is 6.28. The van der Waals surface area contributed by atoms with Gasteiger partial charge in [-0.2, -0.15) is 0 Å². The molecule has 5 heteroatoms. The van der Waals surface area contributed by atoms with Crippen LogP contribution in [0.2, 0.25) is 0 Å². The van der Waals surface area contributed by atoms with Crippen molar-refractivity contribution in [2.45, 2.75) is 45.3 Å². The topological polar surface area (TPSA) is 67.6 Å². The van der Waals surface area contributed by atoms with Gasteiger partial charge in [-0.15, -0.1) is 0 Å². The zero-order chi connectivity index (χ0) is 14.5. The van der Waals surface area contributed by atoms with E-state index in [2.05, 4.69) is 24.1 Å². The van der Waals surface area contributed by atoms with E-state index in [0.717, 1.165) is 45.5 Å². The summed E-state index contributed by atoms with van der Waals surface area (Å²) < 4.78 is 5.70. The number of carbonyl (C=O) groups excluding carboxylic acids is 1. The average molecular weight is 283 g/mol. The van der Waals surface area contributed by atoms with Gasteiger partial charge in [-0.25, -0.2) is 0 Å². The lowest BCUT2D eigenvalue weighted by molar-refractivity contribution is -0.127. The van der Waals surface area contributed by atoms with Gasteiger partial charge in [0.1, 0.15) is 0 Å². The molecule has 1 aliphatic heterocycles. The number of hydrogen-bond donors (Lipinski definition) is 2. The lowest BCUT2D eigenvalue weighted by atomic mass is 9.79. The molecule has 0 aromatic heterocycles. The number of morpholine rings is 1. The molecule has 116 valence electrons. The molecule has 2 fully saturated rings. The van der Waals surface area contributed by atoms with Crippen molar-refractivity contribution in [1.29, 1.82) is 0 Å². The van der Waals surface area contributed by atoms with E-state index >= 15 is 0 Å². The molecule has 1 aliphatic carbocycles. The number of rotatable bonds is 4. The van der Waals surface area contributed by atoms with Crippen molar-refractivity contribution in [3.05, 3.63) is 0 Å². The minimum Gasteiger partial charge on any atom is -0.374 e. The highest BCUT2D eigenvalue weighted by Crippen LogP contribution is 2.27. The molecule has 4 atom stereocenters. The van der Waals surface area contributed by atoms with Crippen LogP contribution < -0.4 is 11.1 Å². The SMILES string of the molecule is CCN1CCOC(CNC(=O)C2CCC(C)C(N)C2)C1. The van der Waals surface area contributed by atoms with Gasteiger partial charge in [0.15, 0.2) is 0 Å². The maximum Gasteiger partial charge on any atom is 0.223 e. The highest BCUT2D eigenvalue weighted by atomic mass is 16.5. The first-order valence-corrected chi connectivity index (χ1v) is 7.97. The molecule has 0 aromatic rings. The highest BCUT2D eigenvalue weighted by molar-refractivity contribution is 5.78. The van der Waals surface area contributed by atoms with E-state index in [0.29, 0.717) is 12.5 Å². The van der Waals surface area contributed by atoms with Crippen molar-refractivity contribution in [2.24, 2.45) is 17.6 Å². The van der Waals surface area contributed by atoms with E-state index in [1.54, 1.807) is 0 Å². The normalized spacial score (nSPS) is 35.8. The first-order valence-electron chi connectivity index (χ1n) is 7.97. The predicted octanol–water partition coefficient (Wildman–Crippen LogP) is 0.587. The largest absolute Gasteiger partial charge is 0.374 e. The van der Waals surface area contributed by atoms with E-state index in [1.807, 2.05) is 0 Å². The van der Waals surface area contributed by atoms with Crippen molar-refractivity contribution >= 4 is 5.91 Å². The minimum absolute atomic E-state index is 0.0899. The van der Waals surface area contributed by atoms with Gasteiger partial charge in [-0.05, 0) is 31.7 Å². The Labute approximate surface area is 122 Å². The van der Waals surface area contributed by atoms with E-state index in [4.69, 9.17) is 10.5 Å². The summed E-state index contributed by atoms with van der Waals surface area (Å²) in [5.74, 6) is 0.787. The third kappa shape index (κ3) is 4.17. The molecule has 2 rings (SSSR count). The lowest BCUT2D eigenvalue weighted by Gasteiger charge is -2.33. The van der Waals surface area contributed by atoms with Gasteiger partial charge in [-0.1, -0.05) is 13.8 Å². The fourth-order valence-corrected chi connectivity index (χ4v) is 3.14. The number of carbonyl (C=O) groups is 1. The van der Waals surface area contributed by atoms with E-state index in [-0.39, 0.29) is 24.0 Å². The Morgan fingerprint density at radius 1 is 1.45 bits per heavy atom. The maximum absolute atomic E-state index is 12.2. The molecule has 20 heavy (non-hydrogen) atoms. The zero-order valence-electron chi connectivity index (χ0n) is 12.8. The fraction of sp³-hybridized carbons (Fsp3) is 0.933. The third-order valence-electron chi connectivity index (χ3n) is 4.80. The van der Waals surface area contributed by atoms with Gasteiger partial charge >= 0.3 is 0 Å². The Kier molecular flexibility index (Phi) is 5.81. The summed E-state index contributed by atoms with van der Waals surface area (Å²) in [6.07, 6.45) is 2.97. The number of nitrogens with one attached hydrogen (secondary N) is 1. The number of hydrogen-bond acceptors (Lipinski definition) is 4. The smallest absolute Gasteiger partial charge is 0.223 e. The molecule has 1 saturated carbocycles. The van der Waals surface area contributed by atoms with E-state index in [9.17, 15) is 4.79 Å². The molecule has 2 aliphatic rings. The molecule has 0 bridgehead atoms. The summed E-state index contributed by atoms with van der Waals surface area (Å²) in [6.45, 7) is 8.67. The standard InChI is InChI=1S/C15H29N3O2/c1-3-18-6-7-20-13(10-18)9-17-15(19)12-5-4-11(2)14(16)8-12/h11-14H,3-10,16H2,1-2H3,(H,17,19). The second kappa shape index (κ2) is 7.38. The quantitative estimate of drug-likeness (QED) is 0.792. The van der Waals surface area contributed by atoms with Gasteiger partial charge in [0.05, 0.1) is 12.7 Å². The van der Waals surface area contributed by atoms with Crippen LogP contribution in [0, 0.1) is 11.8 Å². The molecule has 1 heterocycles. The lowest BCUT2D eigenvalue weighted by Crippen LogP contribution is -2.49. The van der Waals surface area contributed by atoms with E-state index in [1.165, 1.54) is 0 Å². The second-order valence-corrected chi connectivity index (χ2v) is 6.28. The van der Waals surface area contributed by atoms with Crippen LogP contribution in [0.15, 0.2) is 0 Å². The van der Waals surface area contributed by atoms with Gasteiger partial charge in [0, 0.05) is 31.6 Å². The van der Waals surface area contributed by atoms with Crippen LogP contribution in [0.4, 0.5) is 0 Å². The number of amides is 1. The van der Waals surface area contributed by atoms with Crippen molar-refractivity contribution < 1.29 is 9.53 Å². The Bertz CT molecular complexity index is 324. The molecule has 4 unspecified atom stereocenters. The summed E-state index contributed by atoms with van der Waals surface area (Å²) in [6, 6.07) is 0.168. The van der Waals surface area contributed by atoms with Crippen LogP contribution in [0.25, 0.3) is 0 Å². The van der Waals surface area contributed by atoms with Gasteiger partial charge < -0.3 is 15.8 Å². The number of likely N-dealkylation sites (N-methyl/N-ethyl adjacent to an activating group) is 1. The molecular formula is C15H29N3O2. The Morgan fingerprint density at radius 3 is 2.95 bits per heavy atom. The van der Waals surface area contributed by atoms with Crippen molar-refractivity contribution in [3.8, 4) is 0 Å². The van der Waals surface area contributed by atoms with Crippen LogP contribution in [0.1, 0.15) is 33.1 Å². The van der Waals surface area contributed by atoms with Gasteiger partial charge in [-0.3, -0.25) is 9.69 Å². The zero-order valence-corrected chi connectivity index (χ0v) is 12.8. The molecule has 0 spiro atoms. The number of nitrogens with two attached hydrogens (primary N) is 1. The van der Waals surface area contributed by atoms with Gasteiger partial charge in [0.2, 0.25) is 5.91 Å². The summed E-state index contributed by atoms with van der Waals surface area (Å²) in [7, 11) is 0. The monoisotopic (exact) mass is 283 g/mol. The number of nitrogens with zero attached hydrogens (tertiary/aromatic N) is 1. The molecule has 0 aromatic carbocycles. The maximum atomic E-state index is 12.2. The van der Waals surface area contributed by atoms with Crippen molar-refractivity contribution in [2.75, 3.05) is 32.8 Å². The molecule has 3 N–H and O–H groups in total. The average Bonchev–Trinajstić information content (AvgIpc) is 2.47. The molecule has 1 saturated heterocycles. The summed E-state index contributed by atoms with van der Waals surface area (Å²) in [5.41, 5.74) is 6.07. The summed E-state index contributed by atoms with van der Waals surface area (Å²) >= 11 is 0. The molecule has 0 radical (unpaired) electrons. The van der Waals surface area contributed by atoms with Crippen LogP contribution in [0.5, 0.6) is 0 Å². The van der Waals surface area contributed by atoms with Crippen LogP contribution in [-0.4, -0.2) is 55.7 Å². The molecule has 5 nitrogen and oxygen atoms in total. The van der Waals surface area contributed by atoms with Gasteiger partial charge in [0.25, 0.3) is 0 Å². The fourth-order valence-electron chi connectivity index (χ4n) is 3.14. The van der Waals surface area contributed by atoms with Crippen LogP contribution in [-0.2, 0) is 9.53 Å². The number of ether oxygens (including phenoxy) is 1. The van der Waals surface area contributed by atoms with Crippen molar-refractivity contribution in [3.63, 3.8) is 0 Å². The molecular weight excluding hydrogens is 254 g/mol. The van der Waals surface area contributed by atoms with Crippen LogP contribution >= 0.6 is 0 Å². The molecule has 1 amide bonds. The third-order valence-corrected chi connectivity index (χ3v) is 4.80. The van der Waals surface area contributed by atoms with Crippen LogP contribution in [0.3, 0.4) is 0 Å². The summed E-state index contributed by atoms with van der Waals surface area (Å²) in [5, 5.41) is 3.06. The first kappa shape index (κ1) is 15.7. The Morgan fingerprint density at radius 2 is 2.25 bits per heavy atom. The highest BCUT2D eigenvalue weighted by Gasteiger charge is 2.30. The Balaban J connectivity index is 1.72. The summed E-state index contributed by atoms with van der Waals surface area (Å²) in [4.78, 5) is 14.6. The van der Waals surface area contributed by atoms with E-state index < -0.39 is 0 Å². The Hall–Kier alpha value is -0.650. The predicted molar refractivity (Wildman–Crippen MR) is 79.3 cm³/mol. The first-order chi connectivity index (χ1) is 9.60.